The van der Waals surface area contributed by atoms with Crippen molar-refractivity contribution in [1.29, 1.82) is 0 Å². The molecule has 156 valence electrons. The van der Waals surface area contributed by atoms with Gasteiger partial charge in [0.25, 0.3) is 11.8 Å². The largest absolute Gasteiger partial charge is 0.387 e. The number of hydrogen-bond donors (Lipinski definition) is 2. The molecule has 0 aliphatic carbocycles. The number of aliphatic hydroxyl groups is 1. The van der Waals surface area contributed by atoms with Crippen molar-refractivity contribution in [3.8, 4) is 0 Å². The van der Waals surface area contributed by atoms with Crippen molar-refractivity contribution in [3.63, 3.8) is 0 Å². The molecule has 29 heavy (non-hydrogen) atoms. The minimum atomic E-state index is -3.87. The van der Waals surface area contributed by atoms with Crippen molar-refractivity contribution >= 4 is 38.6 Å². The van der Waals surface area contributed by atoms with E-state index in [1.807, 2.05) is 6.92 Å². The monoisotopic (exact) mass is 470 g/mol. The highest BCUT2D eigenvalue weighted by molar-refractivity contribution is 9.10. The topological polar surface area (TPSA) is 95.4 Å². The number of halogens is 3. The Morgan fingerprint density at radius 1 is 1.38 bits per heavy atom. The lowest BCUT2D eigenvalue weighted by atomic mass is 9.92. The van der Waals surface area contributed by atoms with Gasteiger partial charge >= 0.3 is 5.92 Å². The van der Waals surface area contributed by atoms with Crippen LogP contribution in [0.25, 0.3) is 10.9 Å². The van der Waals surface area contributed by atoms with Gasteiger partial charge in [-0.2, -0.15) is 8.78 Å². The average Bonchev–Trinajstić information content (AvgIpc) is 2.69. The molecule has 0 saturated carbocycles. The van der Waals surface area contributed by atoms with Crippen LogP contribution in [0.3, 0.4) is 0 Å². The maximum absolute atomic E-state index is 13.9. The molecule has 3 atom stereocenters. The molecule has 2 N–H and O–H groups in total. The Kier molecular flexibility index (Phi) is 6.13. The summed E-state index contributed by atoms with van der Waals surface area (Å²) in [6, 6.07) is 2.77. The standard InChI is InChI=1S/C19H21BrF2N4O3/c1-10-5-6-26(18(29)19(21,22)11(2)27)9-15(10)25-17(28)14-4-3-12-7-23-8-13(20)16(12)24-14/h3-4,7-8,10-11,15,27H,5-6,9H2,1-2H3,(H,25,28). The van der Waals surface area contributed by atoms with Crippen molar-refractivity contribution in [1.82, 2.24) is 20.2 Å². The molecule has 0 bridgehead atoms. The minimum Gasteiger partial charge on any atom is -0.387 e. The van der Waals surface area contributed by atoms with E-state index >= 15 is 0 Å². The van der Waals surface area contributed by atoms with Gasteiger partial charge in [0, 0.05) is 36.9 Å². The summed E-state index contributed by atoms with van der Waals surface area (Å²) >= 11 is 3.35. The van der Waals surface area contributed by atoms with Gasteiger partial charge in [0.1, 0.15) is 11.8 Å². The number of aromatic nitrogens is 2. The molecule has 2 aromatic heterocycles. The maximum Gasteiger partial charge on any atom is 0.349 e. The van der Waals surface area contributed by atoms with Crippen molar-refractivity contribution in [2.24, 2.45) is 5.92 Å². The van der Waals surface area contributed by atoms with E-state index in [4.69, 9.17) is 0 Å². The first-order chi connectivity index (χ1) is 13.6. The van der Waals surface area contributed by atoms with Crippen molar-refractivity contribution in [2.75, 3.05) is 13.1 Å². The van der Waals surface area contributed by atoms with E-state index in [-0.39, 0.29) is 24.7 Å². The van der Waals surface area contributed by atoms with Crippen molar-refractivity contribution in [3.05, 3.63) is 34.7 Å². The van der Waals surface area contributed by atoms with Gasteiger partial charge in [0.15, 0.2) is 0 Å². The number of piperidine rings is 1. The van der Waals surface area contributed by atoms with Crippen LogP contribution in [0.15, 0.2) is 29.0 Å². The summed E-state index contributed by atoms with van der Waals surface area (Å²) in [7, 11) is 0. The van der Waals surface area contributed by atoms with Gasteiger partial charge in [-0.25, -0.2) is 4.98 Å². The molecule has 0 radical (unpaired) electrons. The highest BCUT2D eigenvalue weighted by Gasteiger charge is 2.48. The molecule has 3 unspecified atom stereocenters. The van der Waals surface area contributed by atoms with Crippen LogP contribution < -0.4 is 5.32 Å². The molecular formula is C19H21BrF2N4O3. The molecule has 1 saturated heterocycles. The zero-order valence-corrected chi connectivity index (χ0v) is 17.5. The normalized spacial score (nSPS) is 21.1. The highest BCUT2D eigenvalue weighted by Crippen LogP contribution is 2.26. The van der Waals surface area contributed by atoms with E-state index in [0.717, 1.165) is 17.2 Å². The van der Waals surface area contributed by atoms with E-state index in [2.05, 4.69) is 31.2 Å². The fraction of sp³-hybridized carbons (Fsp3) is 0.474. The molecule has 2 amide bonds. The molecule has 0 aromatic carbocycles. The molecular weight excluding hydrogens is 450 g/mol. The number of hydrogen-bond acceptors (Lipinski definition) is 5. The lowest BCUT2D eigenvalue weighted by Gasteiger charge is -2.39. The number of amides is 2. The fourth-order valence-corrected chi connectivity index (χ4v) is 3.65. The third-order valence-corrected chi connectivity index (χ3v) is 5.74. The molecule has 2 aromatic rings. The van der Waals surface area contributed by atoms with Crippen LogP contribution in [0.4, 0.5) is 8.78 Å². The number of aliphatic hydroxyl groups excluding tert-OH is 1. The lowest BCUT2D eigenvalue weighted by molar-refractivity contribution is -0.174. The summed E-state index contributed by atoms with van der Waals surface area (Å²) in [5.41, 5.74) is 0.757. The molecule has 1 aliphatic heterocycles. The number of rotatable bonds is 4. The smallest absolute Gasteiger partial charge is 0.349 e. The third-order valence-electron chi connectivity index (χ3n) is 5.16. The molecule has 0 spiro atoms. The van der Waals surface area contributed by atoms with Crippen LogP contribution in [0.2, 0.25) is 0 Å². The van der Waals surface area contributed by atoms with Crippen molar-refractivity contribution in [2.45, 2.75) is 38.3 Å². The second-order valence-corrected chi connectivity index (χ2v) is 8.14. The first kappa shape index (κ1) is 21.5. The van der Waals surface area contributed by atoms with Gasteiger partial charge in [-0.1, -0.05) is 6.92 Å². The maximum atomic E-state index is 13.9. The first-order valence-corrected chi connectivity index (χ1v) is 9.97. The van der Waals surface area contributed by atoms with Crippen LogP contribution in [0.1, 0.15) is 30.8 Å². The fourth-order valence-electron chi connectivity index (χ4n) is 3.21. The van der Waals surface area contributed by atoms with Gasteiger partial charge in [-0.05, 0) is 47.3 Å². The Balaban J connectivity index is 1.75. The highest BCUT2D eigenvalue weighted by atomic mass is 79.9. The lowest BCUT2D eigenvalue weighted by Crippen LogP contribution is -2.58. The SMILES string of the molecule is CC1CCN(C(=O)C(F)(F)C(C)O)CC1NC(=O)c1ccc2cncc(Br)c2n1. The van der Waals surface area contributed by atoms with Crippen molar-refractivity contribution < 1.29 is 23.5 Å². The predicted octanol–water partition coefficient (Wildman–Crippen LogP) is 2.38. The van der Waals surface area contributed by atoms with Crippen LogP contribution in [0.5, 0.6) is 0 Å². The van der Waals surface area contributed by atoms with E-state index in [0.29, 0.717) is 16.4 Å². The number of carbonyl (C=O) groups excluding carboxylic acids is 2. The Bertz CT molecular complexity index is 941. The van der Waals surface area contributed by atoms with Crippen LogP contribution in [-0.4, -0.2) is 62.9 Å². The number of nitrogens with zero attached hydrogens (tertiary/aromatic N) is 3. The summed E-state index contributed by atoms with van der Waals surface area (Å²) in [6.45, 7) is 2.84. The zero-order chi connectivity index (χ0) is 21.3. The summed E-state index contributed by atoms with van der Waals surface area (Å²) < 4.78 is 28.5. The summed E-state index contributed by atoms with van der Waals surface area (Å²) in [6.07, 6.45) is 1.57. The molecule has 1 aliphatic rings. The van der Waals surface area contributed by atoms with Crippen LogP contribution in [0, 0.1) is 5.92 Å². The molecule has 3 heterocycles. The molecule has 10 heteroatoms. The summed E-state index contributed by atoms with van der Waals surface area (Å²) in [5.74, 6) is -5.77. The number of nitrogens with one attached hydrogen (secondary N) is 1. The Labute approximate surface area is 174 Å². The first-order valence-electron chi connectivity index (χ1n) is 9.17. The number of pyridine rings is 2. The van der Waals surface area contributed by atoms with Gasteiger partial charge in [0.05, 0.1) is 9.99 Å². The Morgan fingerprint density at radius 2 is 2.10 bits per heavy atom. The number of alkyl halides is 2. The van der Waals surface area contributed by atoms with Gasteiger partial charge < -0.3 is 15.3 Å². The average molecular weight is 471 g/mol. The molecule has 1 fully saturated rings. The summed E-state index contributed by atoms with van der Waals surface area (Å²) in [5, 5.41) is 12.8. The van der Waals surface area contributed by atoms with E-state index in [9.17, 15) is 23.5 Å². The number of likely N-dealkylation sites (tertiary alicyclic amines) is 1. The van der Waals surface area contributed by atoms with E-state index < -0.39 is 29.9 Å². The van der Waals surface area contributed by atoms with Crippen LogP contribution >= 0.6 is 15.9 Å². The van der Waals surface area contributed by atoms with E-state index in [1.165, 1.54) is 0 Å². The quantitative estimate of drug-likeness (QED) is 0.714. The molecule has 3 rings (SSSR count). The summed E-state index contributed by atoms with van der Waals surface area (Å²) in [4.78, 5) is 34.2. The molecule has 7 nitrogen and oxygen atoms in total. The number of fused-ring (bicyclic) bond motifs is 1. The zero-order valence-electron chi connectivity index (χ0n) is 15.9. The Morgan fingerprint density at radius 3 is 2.79 bits per heavy atom. The van der Waals surface area contributed by atoms with Gasteiger partial charge in [-0.3, -0.25) is 14.6 Å². The Hall–Kier alpha value is -2.20. The predicted molar refractivity (Wildman–Crippen MR) is 105 cm³/mol. The minimum absolute atomic E-state index is 0.0143. The number of carbonyl (C=O) groups is 2. The van der Waals surface area contributed by atoms with Crippen LogP contribution in [-0.2, 0) is 4.79 Å². The second-order valence-electron chi connectivity index (χ2n) is 7.29. The van der Waals surface area contributed by atoms with E-state index in [1.54, 1.807) is 24.5 Å². The third kappa shape index (κ3) is 4.37. The second kappa shape index (κ2) is 8.27. The van der Waals surface area contributed by atoms with Gasteiger partial charge in [0.2, 0.25) is 0 Å². The van der Waals surface area contributed by atoms with Gasteiger partial charge in [-0.15, -0.1) is 0 Å².